The van der Waals surface area contributed by atoms with Crippen molar-refractivity contribution >= 4 is 0 Å². The highest BCUT2D eigenvalue weighted by Crippen LogP contribution is 2.21. The van der Waals surface area contributed by atoms with E-state index in [9.17, 15) is 0 Å². The fourth-order valence-corrected chi connectivity index (χ4v) is 1.48. The molecule has 82 valence electrons. The molecule has 2 unspecified atom stereocenters. The Morgan fingerprint density at radius 1 is 1.50 bits per heavy atom. The van der Waals surface area contributed by atoms with Crippen molar-refractivity contribution in [3.8, 4) is 0 Å². The number of aliphatic hydroxyl groups excluding tert-OH is 1. The third-order valence-corrected chi connectivity index (χ3v) is 2.36. The van der Waals surface area contributed by atoms with E-state index in [0.29, 0.717) is 6.61 Å². The topological polar surface area (TPSA) is 38.7 Å². The molecule has 0 aliphatic carbocycles. The van der Waals surface area contributed by atoms with Crippen molar-refractivity contribution in [1.29, 1.82) is 0 Å². The molecule has 0 aromatic heterocycles. The number of allylic oxidation sites excluding steroid dienone is 1. The van der Waals surface area contributed by atoms with Gasteiger partial charge in [-0.15, -0.1) is 0 Å². The Kier molecular flexibility index (Phi) is 5.15. The molecule has 0 radical (unpaired) electrons. The van der Waals surface area contributed by atoms with Gasteiger partial charge in [-0.25, -0.2) is 0 Å². The minimum Gasteiger partial charge on any atom is -0.394 e. The molecular weight excluding hydrogens is 180 g/mol. The lowest BCUT2D eigenvalue weighted by molar-refractivity contribution is -0.0397. The fourth-order valence-electron chi connectivity index (χ4n) is 1.48. The quantitative estimate of drug-likeness (QED) is 0.688. The second kappa shape index (κ2) is 6.17. The summed E-state index contributed by atoms with van der Waals surface area (Å²) in [4.78, 5) is 0. The van der Waals surface area contributed by atoms with E-state index in [2.05, 4.69) is 19.9 Å². The zero-order valence-electron chi connectivity index (χ0n) is 9.03. The maximum absolute atomic E-state index is 8.89. The predicted octanol–water partition coefficient (Wildman–Crippen LogP) is 1.86. The molecule has 2 atom stereocenters. The highest BCUT2D eigenvalue weighted by Gasteiger charge is 2.27. The average Bonchev–Trinajstić information content (AvgIpc) is 2.68. The van der Waals surface area contributed by atoms with Crippen LogP contribution >= 0.6 is 0 Å². The first kappa shape index (κ1) is 11.7. The summed E-state index contributed by atoms with van der Waals surface area (Å²) in [7, 11) is 0. The van der Waals surface area contributed by atoms with E-state index in [0.717, 1.165) is 19.3 Å². The zero-order chi connectivity index (χ0) is 10.4. The summed E-state index contributed by atoms with van der Waals surface area (Å²) in [5.41, 5.74) is 1.20. The molecular formula is C11H20O3. The number of unbranched alkanes of at least 4 members (excludes halogenated alkanes) is 1. The molecule has 1 N–H and O–H groups in total. The lowest BCUT2D eigenvalue weighted by atomic mass is 10.1. The van der Waals surface area contributed by atoms with Gasteiger partial charge in [0.1, 0.15) is 6.10 Å². The molecule has 1 saturated heterocycles. The van der Waals surface area contributed by atoms with Gasteiger partial charge in [0, 0.05) is 0 Å². The van der Waals surface area contributed by atoms with Crippen molar-refractivity contribution in [3.05, 3.63) is 11.6 Å². The maximum Gasteiger partial charge on any atom is 0.180 e. The Morgan fingerprint density at radius 3 is 2.79 bits per heavy atom. The number of ether oxygens (including phenoxy) is 2. The number of hydrogen-bond acceptors (Lipinski definition) is 3. The Hall–Kier alpha value is -0.380. The Balaban J connectivity index is 2.46. The van der Waals surface area contributed by atoms with Crippen LogP contribution in [0.4, 0.5) is 0 Å². The van der Waals surface area contributed by atoms with E-state index in [-0.39, 0.29) is 19.0 Å². The first-order valence-electron chi connectivity index (χ1n) is 5.38. The van der Waals surface area contributed by atoms with Crippen molar-refractivity contribution < 1.29 is 14.6 Å². The molecule has 3 heteroatoms. The molecule has 0 aromatic carbocycles. The molecule has 1 aliphatic heterocycles. The van der Waals surface area contributed by atoms with E-state index in [4.69, 9.17) is 14.6 Å². The minimum absolute atomic E-state index is 0.0429. The van der Waals surface area contributed by atoms with Crippen molar-refractivity contribution in [2.75, 3.05) is 13.2 Å². The number of hydrogen-bond donors (Lipinski definition) is 1. The van der Waals surface area contributed by atoms with Crippen LogP contribution in [-0.2, 0) is 9.47 Å². The molecule has 1 rings (SSSR count). The summed E-state index contributed by atoms with van der Waals surface area (Å²) in [5, 5.41) is 8.89. The average molecular weight is 200 g/mol. The van der Waals surface area contributed by atoms with Crippen LogP contribution in [0.2, 0.25) is 0 Å². The van der Waals surface area contributed by atoms with Gasteiger partial charge in [-0.2, -0.15) is 0 Å². The molecule has 3 nitrogen and oxygen atoms in total. The molecule has 0 aromatic rings. The maximum atomic E-state index is 8.89. The van der Waals surface area contributed by atoms with Crippen LogP contribution < -0.4 is 0 Å². The van der Waals surface area contributed by atoms with Gasteiger partial charge >= 0.3 is 0 Å². The Bertz CT molecular complexity index is 189. The van der Waals surface area contributed by atoms with Gasteiger partial charge in [-0.05, 0) is 18.4 Å². The summed E-state index contributed by atoms with van der Waals surface area (Å²) in [5.74, 6) is 0. The van der Waals surface area contributed by atoms with E-state index < -0.39 is 0 Å². The molecule has 0 amide bonds. The zero-order valence-corrected chi connectivity index (χ0v) is 9.03. The Labute approximate surface area is 85.7 Å². The van der Waals surface area contributed by atoms with Crippen LogP contribution in [0.25, 0.3) is 0 Å². The van der Waals surface area contributed by atoms with Gasteiger partial charge in [0.15, 0.2) is 6.29 Å². The summed E-state index contributed by atoms with van der Waals surface area (Å²) in [6, 6.07) is 0. The van der Waals surface area contributed by atoms with Crippen molar-refractivity contribution in [3.63, 3.8) is 0 Å². The molecule has 0 saturated carbocycles. The summed E-state index contributed by atoms with van der Waals surface area (Å²) in [6.45, 7) is 4.79. The van der Waals surface area contributed by atoms with Crippen molar-refractivity contribution in [1.82, 2.24) is 0 Å². The number of rotatable bonds is 5. The summed E-state index contributed by atoms with van der Waals surface area (Å²) < 4.78 is 11.0. The van der Waals surface area contributed by atoms with Crippen LogP contribution in [-0.4, -0.2) is 30.7 Å². The largest absolute Gasteiger partial charge is 0.394 e. The first-order chi connectivity index (χ1) is 6.81. The van der Waals surface area contributed by atoms with E-state index in [1.165, 1.54) is 5.57 Å². The van der Waals surface area contributed by atoms with Crippen molar-refractivity contribution in [2.45, 2.75) is 45.5 Å². The summed E-state index contributed by atoms with van der Waals surface area (Å²) in [6.07, 6.45) is 4.98. The van der Waals surface area contributed by atoms with Gasteiger partial charge in [0.05, 0.1) is 13.2 Å². The first-order valence-corrected chi connectivity index (χ1v) is 5.38. The van der Waals surface area contributed by atoms with Crippen LogP contribution in [0.1, 0.15) is 33.1 Å². The van der Waals surface area contributed by atoms with E-state index in [1.807, 2.05) is 0 Å². The lowest BCUT2D eigenvalue weighted by Crippen LogP contribution is -2.17. The monoisotopic (exact) mass is 200 g/mol. The van der Waals surface area contributed by atoms with Crippen LogP contribution in [0.5, 0.6) is 0 Å². The molecule has 14 heavy (non-hydrogen) atoms. The molecule has 1 fully saturated rings. The van der Waals surface area contributed by atoms with Crippen molar-refractivity contribution in [2.24, 2.45) is 0 Å². The molecule has 1 heterocycles. The molecule has 0 bridgehead atoms. The van der Waals surface area contributed by atoms with Gasteiger partial charge in [-0.3, -0.25) is 0 Å². The highest BCUT2D eigenvalue weighted by molar-refractivity contribution is 5.06. The lowest BCUT2D eigenvalue weighted by Gasteiger charge is -2.13. The second-order valence-electron chi connectivity index (χ2n) is 3.53. The highest BCUT2D eigenvalue weighted by atomic mass is 16.7. The number of aliphatic hydroxyl groups is 1. The van der Waals surface area contributed by atoms with Gasteiger partial charge in [-0.1, -0.05) is 26.3 Å². The molecule has 0 spiro atoms. The van der Waals surface area contributed by atoms with E-state index in [1.54, 1.807) is 0 Å². The smallest absolute Gasteiger partial charge is 0.180 e. The predicted molar refractivity (Wildman–Crippen MR) is 55.0 cm³/mol. The summed E-state index contributed by atoms with van der Waals surface area (Å²) >= 11 is 0. The van der Waals surface area contributed by atoms with Crippen LogP contribution in [0.15, 0.2) is 11.6 Å². The van der Waals surface area contributed by atoms with E-state index >= 15 is 0 Å². The van der Waals surface area contributed by atoms with Crippen LogP contribution in [0, 0.1) is 0 Å². The standard InChI is InChI=1S/C11H20O3/c1-3-5-6-9(4-2)11-13-8-10(7-12)14-11/h6,10-12H,3-5,7-8H2,1-2H3/b9-6+. The molecule has 1 aliphatic rings. The third kappa shape index (κ3) is 3.08. The van der Waals surface area contributed by atoms with Gasteiger partial charge in [0.2, 0.25) is 0 Å². The normalized spacial score (nSPS) is 28.4. The SMILES string of the molecule is CCC/C=C(\CC)C1OCC(CO)O1. The van der Waals surface area contributed by atoms with Gasteiger partial charge in [0.25, 0.3) is 0 Å². The third-order valence-electron chi connectivity index (χ3n) is 2.36. The Morgan fingerprint density at radius 2 is 2.29 bits per heavy atom. The minimum atomic E-state index is -0.219. The van der Waals surface area contributed by atoms with Gasteiger partial charge < -0.3 is 14.6 Å². The fraction of sp³-hybridized carbons (Fsp3) is 0.818. The van der Waals surface area contributed by atoms with Crippen LogP contribution in [0.3, 0.4) is 0 Å². The second-order valence-corrected chi connectivity index (χ2v) is 3.53.